The Balaban J connectivity index is 1.46. The zero-order chi connectivity index (χ0) is 21.3. The number of hydrogen-bond donors (Lipinski definition) is 0. The zero-order valence-electron chi connectivity index (χ0n) is 17.6. The first-order valence-electron chi connectivity index (χ1n) is 10.4. The molecule has 6 heteroatoms. The minimum absolute atomic E-state index is 0.153. The summed E-state index contributed by atoms with van der Waals surface area (Å²) in [6.07, 6.45) is 2.97. The fraction of sp³-hybridized carbons (Fsp3) is 0.417. The zero-order valence-corrected chi connectivity index (χ0v) is 17.6. The molecule has 0 saturated carbocycles. The highest BCUT2D eigenvalue weighted by molar-refractivity contribution is 5.92. The molecule has 0 N–H and O–H groups in total. The third-order valence-corrected chi connectivity index (χ3v) is 5.36. The van der Waals surface area contributed by atoms with Gasteiger partial charge in [-0.2, -0.15) is 0 Å². The normalized spacial score (nSPS) is 14.3. The van der Waals surface area contributed by atoms with Gasteiger partial charge < -0.3 is 19.1 Å². The number of carbonyl (C=O) groups is 2. The number of carbonyl (C=O) groups excluding carboxylic acids is 2. The van der Waals surface area contributed by atoms with E-state index in [1.807, 2.05) is 13.0 Å². The van der Waals surface area contributed by atoms with E-state index < -0.39 is 5.97 Å². The number of esters is 1. The number of methoxy groups -OCH3 is 1. The molecule has 0 unspecified atom stereocenters. The number of amides is 1. The van der Waals surface area contributed by atoms with Crippen molar-refractivity contribution in [2.75, 3.05) is 33.4 Å². The molecule has 2 aromatic rings. The lowest BCUT2D eigenvalue weighted by Gasteiger charge is -2.32. The first kappa shape index (κ1) is 21.7. The van der Waals surface area contributed by atoms with Crippen LogP contribution < -0.4 is 9.47 Å². The van der Waals surface area contributed by atoms with Crippen molar-refractivity contribution >= 4 is 11.9 Å². The lowest BCUT2D eigenvalue weighted by atomic mass is 9.90. The van der Waals surface area contributed by atoms with E-state index >= 15 is 0 Å². The molecule has 1 saturated heterocycles. The van der Waals surface area contributed by atoms with Crippen LogP contribution in [-0.2, 0) is 16.0 Å². The third kappa shape index (κ3) is 5.75. The van der Waals surface area contributed by atoms with Crippen LogP contribution in [0.25, 0.3) is 0 Å². The van der Waals surface area contributed by atoms with Crippen molar-refractivity contribution in [3.63, 3.8) is 0 Å². The van der Waals surface area contributed by atoms with Gasteiger partial charge in [0.15, 0.2) is 18.1 Å². The summed E-state index contributed by atoms with van der Waals surface area (Å²) in [5, 5.41) is 0. The Kier molecular flexibility index (Phi) is 7.71. The molecule has 6 nitrogen and oxygen atoms in total. The molecule has 30 heavy (non-hydrogen) atoms. The third-order valence-electron chi connectivity index (χ3n) is 5.36. The van der Waals surface area contributed by atoms with Crippen molar-refractivity contribution in [2.45, 2.75) is 26.2 Å². The highest BCUT2D eigenvalue weighted by Gasteiger charge is 2.24. The van der Waals surface area contributed by atoms with Gasteiger partial charge in [-0.05, 0) is 55.9 Å². The number of hydrogen-bond acceptors (Lipinski definition) is 5. The van der Waals surface area contributed by atoms with E-state index in [0.717, 1.165) is 19.3 Å². The monoisotopic (exact) mass is 411 g/mol. The van der Waals surface area contributed by atoms with E-state index in [2.05, 4.69) is 24.3 Å². The van der Waals surface area contributed by atoms with E-state index in [4.69, 9.17) is 14.2 Å². The van der Waals surface area contributed by atoms with Crippen molar-refractivity contribution < 1.29 is 23.8 Å². The standard InChI is InChI=1S/C24H29NO5/c1-3-29-21-10-9-20(16-22(21)28-2)24(27)30-17-23(26)25-13-11-19(12-14-25)15-18-7-5-4-6-8-18/h4-10,16,19H,3,11-15,17H2,1-2H3. The van der Waals surface area contributed by atoms with E-state index in [-0.39, 0.29) is 12.5 Å². The second kappa shape index (κ2) is 10.7. The quantitative estimate of drug-likeness (QED) is 0.620. The van der Waals surface area contributed by atoms with Crippen LogP contribution in [-0.4, -0.2) is 50.2 Å². The van der Waals surface area contributed by atoms with Crippen molar-refractivity contribution in [1.82, 2.24) is 4.90 Å². The lowest BCUT2D eigenvalue weighted by Crippen LogP contribution is -2.41. The topological polar surface area (TPSA) is 65.1 Å². The van der Waals surface area contributed by atoms with Crippen LogP contribution in [0.5, 0.6) is 11.5 Å². The number of piperidine rings is 1. The maximum Gasteiger partial charge on any atom is 0.338 e. The van der Waals surface area contributed by atoms with Crippen molar-refractivity contribution in [1.29, 1.82) is 0 Å². The molecule has 0 spiro atoms. The van der Waals surface area contributed by atoms with Gasteiger partial charge in [0.2, 0.25) is 0 Å². The summed E-state index contributed by atoms with van der Waals surface area (Å²) in [6, 6.07) is 15.3. The minimum atomic E-state index is -0.552. The molecule has 1 fully saturated rings. The summed E-state index contributed by atoms with van der Waals surface area (Å²) in [5.74, 6) is 0.891. The van der Waals surface area contributed by atoms with Gasteiger partial charge in [0.25, 0.3) is 5.91 Å². The number of benzene rings is 2. The van der Waals surface area contributed by atoms with Gasteiger partial charge in [0.1, 0.15) is 0 Å². The van der Waals surface area contributed by atoms with Gasteiger partial charge in [0.05, 0.1) is 19.3 Å². The van der Waals surface area contributed by atoms with Crippen molar-refractivity contribution in [3.05, 3.63) is 59.7 Å². The highest BCUT2D eigenvalue weighted by atomic mass is 16.5. The predicted octanol–water partition coefficient (Wildman–Crippen LogP) is 3.73. The fourth-order valence-electron chi connectivity index (χ4n) is 3.71. The Morgan fingerprint density at radius 1 is 1.03 bits per heavy atom. The molecule has 0 bridgehead atoms. The maximum atomic E-state index is 12.5. The van der Waals surface area contributed by atoms with E-state index in [0.29, 0.717) is 42.7 Å². The van der Waals surface area contributed by atoms with Gasteiger partial charge in [-0.3, -0.25) is 4.79 Å². The van der Waals surface area contributed by atoms with Crippen LogP contribution in [0.4, 0.5) is 0 Å². The predicted molar refractivity (Wildman–Crippen MR) is 114 cm³/mol. The maximum absolute atomic E-state index is 12.5. The van der Waals surface area contributed by atoms with Crippen LogP contribution in [0.2, 0.25) is 0 Å². The number of ether oxygens (including phenoxy) is 3. The number of rotatable bonds is 8. The van der Waals surface area contributed by atoms with E-state index in [9.17, 15) is 9.59 Å². The van der Waals surface area contributed by atoms with Crippen molar-refractivity contribution in [2.24, 2.45) is 5.92 Å². The van der Waals surface area contributed by atoms with Gasteiger partial charge >= 0.3 is 5.97 Å². The average molecular weight is 411 g/mol. The molecule has 160 valence electrons. The molecule has 1 aliphatic heterocycles. The first-order valence-corrected chi connectivity index (χ1v) is 10.4. The first-order chi connectivity index (χ1) is 14.6. The molecule has 0 atom stereocenters. The summed E-state index contributed by atoms with van der Waals surface area (Å²) in [7, 11) is 1.51. The minimum Gasteiger partial charge on any atom is -0.493 e. The van der Waals surface area contributed by atoms with Crippen LogP contribution in [0, 0.1) is 5.92 Å². The van der Waals surface area contributed by atoms with Crippen LogP contribution in [0.15, 0.2) is 48.5 Å². The Morgan fingerprint density at radius 2 is 1.77 bits per heavy atom. The molecule has 1 heterocycles. The van der Waals surface area contributed by atoms with Crippen LogP contribution in [0.3, 0.4) is 0 Å². The fourth-order valence-corrected chi connectivity index (χ4v) is 3.71. The molecule has 0 aliphatic carbocycles. The molecule has 1 aliphatic rings. The molecule has 0 aromatic heterocycles. The second-order valence-electron chi connectivity index (χ2n) is 7.39. The molecule has 0 radical (unpaired) electrons. The average Bonchev–Trinajstić information content (AvgIpc) is 2.79. The second-order valence-corrected chi connectivity index (χ2v) is 7.39. The number of nitrogens with zero attached hydrogens (tertiary/aromatic N) is 1. The Morgan fingerprint density at radius 3 is 2.43 bits per heavy atom. The SMILES string of the molecule is CCOc1ccc(C(=O)OCC(=O)N2CCC(Cc3ccccc3)CC2)cc1OC. The summed E-state index contributed by atoms with van der Waals surface area (Å²) in [4.78, 5) is 26.6. The molecule has 1 amide bonds. The Labute approximate surface area is 177 Å². The van der Waals surface area contributed by atoms with Gasteiger partial charge in [-0.15, -0.1) is 0 Å². The summed E-state index contributed by atoms with van der Waals surface area (Å²) >= 11 is 0. The molecule has 3 rings (SSSR count). The van der Waals surface area contributed by atoms with E-state index in [1.54, 1.807) is 23.1 Å². The van der Waals surface area contributed by atoms with Crippen molar-refractivity contribution in [3.8, 4) is 11.5 Å². The van der Waals surface area contributed by atoms with Crippen LogP contribution >= 0.6 is 0 Å². The van der Waals surface area contributed by atoms with Gasteiger partial charge in [-0.25, -0.2) is 4.79 Å². The van der Waals surface area contributed by atoms with E-state index in [1.165, 1.54) is 12.7 Å². The highest BCUT2D eigenvalue weighted by Crippen LogP contribution is 2.28. The summed E-state index contributed by atoms with van der Waals surface area (Å²) in [5.41, 5.74) is 1.66. The smallest absolute Gasteiger partial charge is 0.338 e. The summed E-state index contributed by atoms with van der Waals surface area (Å²) < 4.78 is 15.9. The van der Waals surface area contributed by atoms with Gasteiger partial charge in [-0.1, -0.05) is 30.3 Å². The lowest BCUT2D eigenvalue weighted by molar-refractivity contribution is -0.135. The Bertz CT molecular complexity index is 844. The Hall–Kier alpha value is -3.02. The molecular formula is C24H29NO5. The summed E-state index contributed by atoms with van der Waals surface area (Å²) in [6.45, 7) is 3.52. The molecule has 2 aromatic carbocycles. The van der Waals surface area contributed by atoms with Crippen LogP contribution in [0.1, 0.15) is 35.7 Å². The number of likely N-dealkylation sites (tertiary alicyclic amines) is 1. The molecular weight excluding hydrogens is 382 g/mol. The largest absolute Gasteiger partial charge is 0.493 e. The van der Waals surface area contributed by atoms with Gasteiger partial charge in [0, 0.05) is 13.1 Å².